The summed E-state index contributed by atoms with van der Waals surface area (Å²) < 4.78 is 17.9. The maximum Gasteiger partial charge on any atom is 0.416 e. The third-order valence-electron chi connectivity index (χ3n) is 2.26. The van der Waals surface area contributed by atoms with Gasteiger partial charge in [-0.1, -0.05) is 0 Å². The van der Waals surface area contributed by atoms with E-state index in [-0.39, 0.29) is 18.4 Å². The first-order valence-electron chi connectivity index (χ1n) is 4.67. The van der Waals surface area contributed by atoms with Crippen molar-refractivity contribution in [2.45, 2.75) is 19.4 Å². The molecule has 0 saturated carbocycles. The number of hydrogen-bond acceptors (Lipinski definition) is 5. The molecule has 7 heteroatoms. The van der Waals surface area contributed by atoms with Crippen molar-refractivity contribution < 1.29 is 13.9 Å². The Morgan fingerprint density at radius 1 is 1.56 bits per heavy atom. The molecule has 16 heavy (non-hydrogen) atoms. The van der Waals surface area contributed by atoms with Crippen molar-refractivity contribution in [3.05, 3.63) is 12.0 Å². The number of hydrogen-bond donors (Lipinski definition) is 1. The Morgan fingerprint density at radius 3 is 2.75 bits per heavy atom. The summed E-state index contributed by atoms with van der Waals surface area (Å²) in [5.74, 6) is -0.888. The number of halogens is 1. The van der Waals surface area contributed by atoms with E-state index in [0.29, 0.717) is 0 Å². The second-order valence-corrected chi connectivity index (χ2v) is 4.11. The highest BCUT2D eigenvalue weighted by molar-refractivity contribution is 5.90. The summed E-state index contributed by atoms with van der Waals surface area (Å²) in [6.45, 7) is 3.79. The Balaban J connectivity index is 2.46. The van der Waals surface area contributed by atoms with Gasteiger partial charge in [0, 0.05) is 6.07 Å². The summed E-state index contributed by atoms with van der Waals surface area (Å²) in [5, 5.41) is 0. The minimum absolute atomic E-state index is 0.109. The van der Waals surface area contributed by atoms with Gasteiger partial charge < -0.3 is 10.5 Å². The first-order valence-corrected chi connectivity index (χ1v) is 4.67. The molecule has 1 aliphatic rings. The molecule has 0 spiro atoms. The summed E-state index contributed by atoms with van der Waals surface area (Å²) in [6.07, 6.45) is -0.567. The molecule has 1 fully saturated rings. The maximum atomic E-state index is 13.1. The number of nitrogen functional groups attached to an aromatic ring is 1. The number of rotatable bonds is 1. The van der Waals surface area contributed by atoms with Gasteiger partial charge in [0.1, 0.15) is 12.4 Å². The van der Waals surface area contributed by atoms with E-state index in [0.717, 1.165) is 6.07 Å². The zero-order valence-corrected chi connectivity index (χ0v) is 8.90. The zero-order valence-electron chi connectivity index (χ0n) is 8.90. The average molecular weight is 226 g/mol. The molecule has 1 aromatic heterocycles. The fourth-order valence-electron chi connectivity index (χ4n) is 1.56. The van der Waals surface area contributed by atoms with Crippen molar-refractivity contribution >= 4 is 17.9 Å². The molecule has 0 atom stereocenters. The summed E-state index contributed by atoms with van der Waals surface area (Å²) >= 11 is 0. The number of ether oxygens (including phenoxy) is 1. The van der Waals surface area contributed by atoms with Crippen LogP contribution in [0.3, 0.4) is 0 Å². The molecular formula is C9H11FN4O2. The number of nitrogens with zero attached hydrogens (tertiary/aromatic N) is 3. The first kappa shape index (κ1) is 10.6. The first-order chi connectivity index (χ1) is 7.40. The lowest BCUT2D eigenvalue weighted by molar-refractivity contribution is 0.175. The monoisotopic (exact) mass is 226 g/mol. The third-order valence-corrected chi connectivity index (χ3v) is 2.26. The summed E-state index contributed by atoms with van der Waals surface area (Å²) in [4.78, 5) is 19.9. The summed E-state index contributed by atoms with van der Waals surface area (Å²) in [7, 11) is 0. The number of carbonyl (C=O) groups is 1. The fourth-order valence-corrected chi connectivity index (χ4v) is 1.56. The van der Waals surface area contributed by atoms with Gasteiger partial charge in [0.2, 0.25) is 11.9 Å². The lowest BCUT2D eigenvalue weighted by Gasteiger charge is -2.26. The summed E-state index contributed by atoms with van der Waals surface area (Å²) in [5.41, 5.74) is 4.74. The number of cyclic esters (lactones) is 1. The lowest BCUT2D eigenvalue weighted by atomic mass is 10.1. The normalized spacial score (nSPS) is 18.7. The third kappa shape index (κ3) is 1.64. The highest BCUT2D eigenvalue weighted by atomic mass is 19.1. The average Bonchev–Trinajstić information content (AvgIpc) is 2.38. The molecule has 2 rings (SSSR count). The van der Waals surface area contributed by atoms with E-state index in [9.17, 15) is 9.18 Å². The molecule has 1 saturated heterocycles. The predicted molar refractivity (Wildman–Crippen MR) is 54.3 cm³/mol. The maximum absolute atomic E-state index is 13.1. The second kappa shape index (κ2) is 3.29. The molecule has 1 aromatic rings. The van der Waals surface area contributed by atoms with E-state index in [2.05, 4.69) is 9.97 Å². The van der Waals surface area contributed by atoms with Crippen molar-refractivity contribution in [3.63, 3.8) is 0 Å². The topological polar surface area (TPSA) is 81.3 Å². The Labute approximate surface area is 91.2 Å². The van der Waals surface area contributed by atoms with Crippen LogP contribution in [-0.4, -0.2) is 28.2 Å². The number of anilines is 2. The number of aromatic nitrogens is 2. The molecule has 1 aliphatic heterocycles. The van der Waals surface area contributed by atoms with Crippen LogP contribution in [0.15, 0.2) is 6.07 Å². The van der Waals surface area contributed by atoms with E-state index in [1.54, 1.807) is 13.8 Å². The van der Waals surface area contributed by atoms with Crippen LogP contribution in [-0.2, 0) is 4.74 Å². The van der Waals surface area contributed by atoms with Crippen LogP contribution in [0.4, 0.5) is 21.0 Å². The van der Waals surface area contributed by atoms with E-state index in [1.807, 2.05) is 0 Å². The highest BCUT2D eigenvalue weighted by Crippen LogP contribution is 2.29. The molecule has 0 radical (unpaired) electrons. The predicted octanol–water partition coefficient (Wildman–Crippen LogP) is 0.933. The van der Waals surface area contributed by atoms with Gasteiger partial charge in [-0.25, -0.2) is 4.79 Å². The number of amides is 1. The molecule has 6 nitrogen and oxygen atoms in total. The Hall–Kier alpha value is -1.92. The molecule has 0 unspecified atom stereocenters. The van der Waals surface area contributed by atoms with Crippen LogP contribution < -0.4 is 10.6 Å². The van der Waals surface area contributed by atoms with Crippen LogP contribution >= 0.6 is 0 Å². The molecule has 2 N–H and O–H groups in total. The molecular weight excluding hydrogens is 215 g/mol. The summed E-state index contributed by atoms with van der Waals surface area (Å²) in [6, 6.07) is 1.05. The van der Waals surface area contributed by atoms with Gasteiger partial charge in [-0.2, -0.15) is 14.4 Å². The number of carbonyl (C=O) groups excluding carboxylic acids is 1. The SMILES string of the molecule is CC1(C)COC(=O)N1c1cc(F)nc(N)n1. The second-order valence-electron chi connectivity index (χ2n) is 4.11. The number of nitrogens with two attached hydrogens (primary N) is 1. The highest BCUT2D eigenvalue weighted by Gasteiger charge is 2.42. The molecule has 86 valence electrons. The van der Waals surface area contributed by atoms with Gasteiger partial charge in [0.15, 0.2) is 0 Å². The van der Waals surface area contributed by atoms with Crippen LogP contribution in [0.2, 0.25) is 0 Å². The van der Waals surface area contributed by atoms with Gasteiger partial charge in [0.25, 0.3) is 0 Å². The standard InChI is InChI=1S/C9H11FN4O2/c1-9(2)4-16-8(15)14(9)6-3-5(10)12-7(11)13-6/h3H,4H2,1-2H3,(H2,11,12,13). The quantitative estimate of drug-likeness (QED) is 0.720. The van der Waals surface area contributed by atoms with Gasteiger partial charge >= 0.3 is 6.09 Å². The molecule has 0 bridgehead atoms. The van der Waals surface area contributed by atoms with Crippen molar-refractivity contribution in [3.8, 4) is 0 Å². The largest absolute Gasteiger partial charge is 0.447 e. The fraction of sp³-hybridized carbons (Fsp3) is 0.444. The van der Waals surface area contributed by atoms with E-state index < -0.39 is 17.6 Å². The van der Waals surface area contributed by atoms with Crippen LogP contribution in [0.1, 0.15) is 13.8 Å². The van der Waals surface area contributed by atoms with Crippen LogP contribution in [0, 0.1) is 5.95 Å². The minimum Gasteiger partial charge on any atom is -0.447 e. The Morgan fingerprint density at radius 2 is 2.25 bits per heavy atom. The Bertz CT molecular complexity index is 429. The van der Waals surface area contributed by atoms with Gasteiger partial charge in [0.05, 0.1) is 5.54 Å². The van der Waals surface area contributed by atoms with E-state index >= 15 is 0 Å². The van der Waals surface area contributed by atoms with Gasteiger partial charge in [-0.05, 0) is 13.8 Å². The molecule has 0 aromatic carbocycles. The Kier molecular flexibility index (Phi) is 2.18. The van der Waals surface area contributed by atoms with Crippen molar-refractivity contribution in [2.75, 3.05) is 17.2 Å². The van der Waals surface area contributed by atoms with Gasteiger partial charge in [-0.15, -0.1) is 0 Å². The lowest BCUT2D eigenvalue weighted by Crippen LogP contribution is -2.42. The van der Waals surface area contributed by atoms with E-state index in [4.69, 9.17) is 10.5 Å². The van der Waals surface area contributed by atoms with Crippen molar-refractivity contribution in [1.82, 2.24) is 9.97 Å². The van der Waals surface area contributed by atoms with Crippen molar-refractivity contribution in [1.29, 1.82) is 0 Å². The molecule has 0 aliphatic carbocycles. The van der Waals surface area contributed by atoms with Crippen LogP contribution in [0.25, 0.3) is 0 Å². The van der Waals surface area contributed by atoms with E-state index in [1.165, 1.54) is 4.90 Å². The molecule has 1 amide bonds. The van der Waals surface area contributed by atoms with Crippen molar-refractivity contribution in [2.24, 2.45) is 0 Å². The minimum atomic E-state index is -0.780. The molecule has 2 heterocycles. The zero-order chi connectivity index (χ0) is 11.9. The van der Waals surface area contributed by atoms with Gasteiger partial charge in [-0.3, -0.25) is 4.90 Å². The van der Waals surface area contributed by atoms with Crippen LogP contribution in [0.5, 0.6) is 0 Å². The smallest absolute Gasteiger partial charge is 0.416 e.